The molecule has 3 aromatic carbocycles. The molecule has 0 atom stereocenters. The van der Waals surface area contributed by atoms with Crippen LogP contribution in [-0.4, -0.2) is 4.98 Å². The first kappa shape index (κ1) is 14.2. The fourth-order valence-electron chi connectivity index (χ4n) is 3.82. The normalized spacial score (nSPS) is 11.6. The predicted octanol–water partition coefficient (Wildman–Crippen LogP) is 4.93. The summed E-state index contributed by atoms with van der Waals surface area (Å²) in [6.07, 6.45) is 3.66. The Morgan fingerprint density at radius 1 is 0.880 bits per heavy atom. The van der Waals surface area contributed by atoms with Crippen LogP contribution in [0.5, 0.6) is 0 Å². The number of aromatic nitrogens is 2. The lowest BCUT2D eigenvalue weighted by molar-refractivity contribution is -0.663. The van der Waals surface area contributed by atoms with Gasteiger partial charge in [0.2, 0.25) is 0 Å². The van der Waals surface area contributed by atoms with E-state index < -0.39 is 0 Å². The summed E-state index contributed by atoms with van der Waals surface area (Å²) in [5.74, 6) is 0. The molecule has 5 aromatic rings. The van der Waals surface area contributed by atoms with Crippen molar-refractivity contribution in [3.8, 4) is 11.3 Å². The van der Waals surface area contributed by atoms with E-state index in [1.165, 1.54) is 21.7 Å². The molecule has 5 rings (SSSR count). The van der Waals surface area contributed by atoms with Gasteiger partial charge in [-0.05, 0) is 29.3 Å². The van der Waals surface area contributed by atoms with E-state index in [9.17, 15) is 0 Å². The molecule has 0 bridgehead atoms. The fraction of sp³-hybridized carbons (Fsp3) is 0.0909. The molecule has 0 spiro atoms. The van der Waals surface area contributed by atoms with Crippen LogP contribution < -0.4 is 4.57 Å². The van der Waals surface area contributed by atoms with Gasteiger partial charge in [0.25, 0.3) is 6.33 Å². The second-order valence-corrected chi connectivity index (χ2v) is 6.42. The van der Waals surface area contributed by atoms with E-state index in [2.05, 4.69) is 48.3 Å². The number of rotatable bonds is 1. The van der Waals surface area contributed by atoms with Crippen LogP contribution in [0.4, 0.5) is 0 Å². The zero-order valence-corrected chi connectivity index (χ0v) is 14.2. The Bertz CT molecular complexity index is 1270. The van der Waals surface area contributed by atoms with Gasteiger partial charge in [0.15, 0.2) is 0 Å². The highest BCUT2D eigenvalue weighted by Gasteiger charge is 2.21. The number of benzene rings is 3. The maximum absolute atomic E-state index is 6.35. The van der Waals surface area contributed by atoms with Crippen molar-refractivity contribution >= 4 is 32.7 Å². The van der Waals surface area contributed by atoms with Crippen molar-refractivity contribution in [1.82, 2.24) is 4.98 Å². The number of nitrogens with zero attached hydrogens (tertiary/aromatic N) is 2. The molecule has 0 aliphatic rings. The van der Waals surface area contributed by atoms with Gasteiger partial charge in [-0.25, -0.2) is 4.57 Å². The van der Waals surface area contributed by atoms with Gasteiger partial charge in [0.1, 0.15) is 23.1 Å². The summed E-state index contributed by atoms with van der Waals surface area (Å²) in [6, 6.07) is 18.9. The highest BCUT2D eigenvalue weighted by atomic mass is 16.3. The second-order valence-electron chi connectivity index (χ2n) is 6.42. The third-order valence-corrected chi connectivity index (χ3v) is 4.99. The molecule has 0 saturated carbocycles. The minimum atomic E-state index is 0.922. The van der Waals surface area contributed by atoms with E-state index in [4.69, 9.17) is 4.42 Å². The van der Waals surface area contributed by atoms with Crippen LogP contribution >= 0.6 is 0 Å². The number of para-hydroxylation sites is 1. The van der Waals surface area contributed by atoms with E-state index >= 15 is 0 Å². The molecule has 3 nitrogen and oxygen atoms in total. The average Bonchev–Trinajstić information content (AvgIpc) is 3.02. The Hall–Kier alpha value is -3.20. The van der Waals surface area contributed by atoms with E-state index in [-0.39, 0.29) is 0 Å². The van der Waals surface area contributed by atoms with E-state index in [0.29, 0.717) is 0 Å². The van der Waals surface area contributed by atoms with Gasteiger partial charge < -0.3 is 4.42 Å². The van der Waals surface area contributed by atoms with Crippen molar-refractivity contribution in [2.24, 2.45) is 7.05 Å². The molecule has 0 amide bonds. The molecular formula is C22H17N2O+. The maximum Gasteiger partial charge on any atom is 0.286 e. The van der Waals surface area contributed by atoms with E-state index in [1.807, 2.05) is 42.3 Å². The second kappa shape index (κ2) is 5.15. The molecule has 0 aliphatic carbocycles. The van der Waals surface area contributed by atoms with Crippen LogP contribution in [0.2, 0.25) is 0 Å². The minimum absolute atomic E-state index is 0.922. The molecule has 3 heteroatoms. The molecule has 2 aromatic heterocycles. The highest BCUT2D eigenvalue weighted by Crippen LogP contribution is 2.42. The van der Waals surface area contributed by atoms with E-state index in [0.717, 1.165) is 27.8 Å². The summed E-state index contributed by atoms with van der Waals surface area (Å²) >= 11 is 0. The molecule has 2 heterocycles. The molecule has 120 valence electrons. The molecular weight excluding hydrogens is 308 g/mol. The number of fused-ring (bicyclic) bond motifs is 5. The van der Waals surface area contributed by atoms with Crippen LogP contribution in [0, 0.1) is 6.92 Å². The van der Waals surface area contributed by atoms with Crippen LogP contribution in [0.1, 0.15) is 5.56 Å². The first-order valence-electron chi connectivity index (χ1n) is 8.38. The van der Waals surface area contributed by atoms with Crippen molar-refractivity contribution in [2.75, 3.05) is 0 Å². The minimum Gasteiger partial charge on any atom is -0.455 e. The topological polar surface area (TPSA) is 29.9 Å². The molecule has 0 unspecified atom stereocenters. The van der Waals surface area contributed by atoms with Crippen molar-refractivity contribution < 1.29 is 8.98 Å². The van der Waals surface area contributed by atoms with Crippen LogP contribution in [-0.2, 0) is 7.05 Å². The van der Waals surface area contributed by atoms with Crippen LogP contribution in [0.3, 0.4) is 0 Å². The largest absolute Gasteiger partial charge is 0.455 e. The third kappa shape index (κ3) is 1.92. The van der Waals surface area contributed by atoms with Gasteiger partial charge in [-0.3, -0.25) is 0 Å². The smallest absolute Gasteiger partial charge is 0.286 e. The molecule has 0 fully saturated rings. The zero-order chi connectivity index (χ0) is 17.0. The zero-order valence-electron chi connectivity index (χ0n) is 14.2. The summed E-state index contributed by atoms with van der Waals surface area (Å²) in [6.45, 7) is 2.17. The van der Waals surface area contributed by atoms with Gasteiger partial charge in [-0.15, -0.1) is 0 Å². The van der Waals surface area contributed by atoms with Crippen molar-refractivity contribution in [3.63, 3.8) is 0 Å². The molecule has 0 aliphatic heterocycles. The molecule has 0 radical (unpaired) electrons. The number of aryl methyl sites for hydroxylation is 2. The standard InChI is InChI=1S/C22H17N2O/c1-14-15-7-3-4-8-16(15)21-17-9-5-6-10-19(17)25-22(21)20(14)18-11-12-23-13-24(18)2/h3-13H,1-2H3/q+1. The Labute approximate surface area is 145 Å². The number of hydrogen-bond acceptors (Lipinski definition) is 2. The monoisotopic (exact) mass is 325 g/mol. The molecule has 0 saturated heterocycles. The quantitative estimate of drug-likeness (QED) is 0.409. The van der Waals surface area contributed by atoms with E-state index in [1.54, 1.807) is 0 Å². The third-order valence-electron chi connectivity index (χ3n) is 4.99. The molecule has 0 N–H and O–H groups in total. The molecule has 25 heavy (non-hydrogen) atoms. The predicted molar refractivity (Wildman–Crippen MR) is 100 cm³/mol. The first-order chi connectivity index (χ1) is 12.3. The van der Waals surface area contributed by atoms with Crippen molar-refractivity contribution in [1.29, 1.82) is 0 Å². The van der Waals surface area contributed by atoms with Gasteiger partial charge in [-0.2, -0.15) is 0 Å². The SMILES string of the molecule is Cc1c(-c2ccnc[n+]2C)c2oc3ccccc3c2c2ccccc12. The van der Waals surface area contributed by atoms with Crippen molar-refractivity contribution in [2.45, 2.75) is 6.92 Å². The fourth-order valence-corrected chi connectivity index (χ4v) is 3.82. The van der Waals surface area contributed by atoms with Gasteiger partial charge in [0, 0.05) is 16.8 Å². The summed E-state index contributed by atoms with van der Waals surface area (Å²) in [7, 11) is 2.02. The van der Waals surface area contributed by atoms with Gasteiger partial charge in [0.05, 0.1) is 12.6 Å². The Kier molecular flexibility index (Phi) is 2.92. The van der Waals surface area contributed by atoms with Gasteiger partial charge >= 0.3 is 0 Å². The average molecular weight is 325 g/mol. The van der Waals surface area contributed by atoms with Gasteiger partial charge in [-0.1, -0.05) is 47.4 Å². The Morgan fingerprint density at radius 3 is 2.40 bits per heavy atom. The number of hydrogen-bond donors (Lipinski definition) is 0. The van der Waals surface area contributed by atoms with Crippen molar-refractivity contribution in [3.05, 3.63) is 72.7 Å². The first-order valence-corrected chi connectivity index (χ1v) is 8.38. The lowest BCUT2D eigenvalue weighted by Gasteiger charge is -2.11. The maximum atomic E-state index is 6.35. The Morgan fingerprint density at radius 2 is 1.60 bits per heavy atom. The summed E-state index contributed by atoms with van der Waals surface area (Å²) < 4.78 is 8.39. The summed E-state index contributed by atoms with van der Waals surface area (Å²) in [5.41, 5.74) is 5.33. The summed E-state index contributed by atoms with van der Waals surface area (Å²) in [4.78, 5) is 4.22. The Balaban J connectivity index is 2.10. The summed E-state index contributed by atoms with van der Waals surface area (Å²) in [5, 5.41) is 4.84. The highest BCUT2D eigenvalue weighted by molar-refractivity contribution is 6.23. The number of furan rings is 1. The van der Waals surface area contributed by atoms with Crippen LogP contribution in [0.25, 0.3) is 44.0 Å². The lowest BCUT2D eigenvalue weighted by Crippen LogP contribution is -2.31. The lowest BCUT2D eigenvalue weighted by atomic mass is 9.93. The van der Waals surface area contributed by atoms with Crippen LogP contribution in [0.15, 0.2) is 71.5 Å².